The summed E-state index contributed by atoms with van der Waals surface area (Å²) in [6.45, 7) is 9.11. The molecule has 78 valence electrons. The van der Waals surface area contributed by atoms with Gasteiger partial charge in [0.15, 0.2) is 0 Å². The Labute approximate surface area is 91.1 Å². The highest BCUT2D eigenvalue weighted by Gasteiger charge is 2.20. The second-order valence-electron chi connectivity index (χ2n) is 4.19. The van der Waals surface area contributed by atoms with Gasteiger partial charge in [0.25, 0.3) is 0 Å². The van der Waals surface area contributed by atoms with Crippen molar-refractivity contribution in [1.29, 1.82) is 0 Å². The molecule has 1 aliphatic rings. The fraction of sp³-hybridized carbons (Fsp3) is 0.615. The van der Waals surface area contributed by atoms with Gasteiger partial charge in [-0.15, -0.1) is 0 Å². The Hall–Kier alpha value is -0.433. The van der Waals surface area contributed by atoms with E-state index in [1.165, 1.54) is 31.3 Å². The number of allylic oxidation sites excluding steroid dienone is 4. The second kappa shape index (κ2) is 4.88. The molecule has 1 rings (SSSR count). The Balaban J connectivity index is 3.02. The van der Waals surface area contributed by atoms with E-state index in [0.717, 1.165) is 0 Å². The fourth-order valence-electron chi connectivity index (χ4n) is 2.23. The first-order chi connectivity index (χ1) is 6.63. The van der Waals surface area contributed by atoms with E-state index in [1.54, 1.807) is 21.9 Å². The first kappa shape index (κ1) is 11.6. The van der Waals surface area contributed by atoms with Crippen molar-refractivity contribution < 1.29 is 0 Å². The molecule has 1 aliphatic carbocycles. The second-order valence-corrected chi connectivity index (χ2v) is 4.89. The summed E-state index contributed by atoms with van der Waals surface area (Å²) in [5, 5.41) is 1.58. The van der Waals surface area contributed by atoms with Crippen molar-refractivity contribution in [2.45, 2.75) is 53.4 Å². The molecule has 0 radical (unpaired) electrons. The molecule has 0 aromatic heterocycles. The lowest BCUT2D eigenvalue weighted by atomic mass is 9.99. The molecule has 0 saturated heterocycles. The standard InChI is InChI=1S/C13H22Si/c1-5-7-11-9(3)10(4)13(14)12(11)8-6-2/h5-8,14H2,1-4H3. The van der Waals surface area contributed by atoms with E-state index in [2.05, 4.69) is 37.5 Å². The van der Waals surface area contributed by atoms with Crippen LogP contribution in [0.1, 0.15) is 53.4 Å². The van der Waals surface area contributed by atoms with E-state index < -0.39 is 0 Å². The molecule has 0 nitrogen and oxygen atoms in total. The monoisotopic (exact) mass is 206 g/mol. The fourth-order valence-corrected chi connectivity index (χ4v) is 2.88. The average Bonchev–Trinajstić information content (AvgIpc) is 2.36. The van der Waals surface area contributed by atoms with E-state index in [9.17, 15) is 0 Å². The molecule has 0 unspecified atom stereocenters. The molecule has 0 amide bonds. The van der Waals surface area contributed by atoms with Crippen LogP contribution >= 0.6 is 0 Å². The van der Waals surface area contributed by atoms with Gasteiger partial charge < -0.3 is 0 Å². The van der Waals surface area contributed by atoms with Gasteiger partial charge in [0.1, 0.15) is 0 Å². The predicted octanol–water partition coefficient (Wildman–Crippen LogP) is 3.04. The molecule has 1 heteroatoms. The zero-order valence-electron chi connectivity index (χ0n) is 10.0. The summed E-state index contributed by atoms with van der Waals surface area (Å²) in [7, 11) is 2.07. The Morgan fingerprint density at radius 1 is 0.857 bits per heavy atom. The van der Waals surface area contributed by atoms with E-state index >= 15 is 0 Å². The summed E-state index contributed by atoms with van der Waals surface area (Å²) in [5.74, 6) is 0. The highest BCUT2D eigenvalue weighted by atomic mass is 28.1. The maximum Gasteiger partial charge on any atom is -0.0132 e. The molecule has 0 atom stereocenters. The van der Waals surface area contributed by atoms with Gasteiger partial charge in [-0.25, -0.2) is 0 Å². The van der Waals surface area contributed by atoms with E-state index in [4.69, 9.17) is 0 Å². The van der Waals surface area contributed by atoms with Crippen LogP contribution in [0.5, 0.6) is 0 Å². The molecule has 0 fully saturated rings. The lowest BCUT2D eigenvalue weighted by molar-refractivity contribution is 0.873. The molecule has 0 spiro atoms. The van der Waals surface area contributed by atoms with Crippen molar-refractivity contribution in [2.24, 2.45) is 0 Å². The minimum Gasteiger partial charge on any atom is -0.0651 e. The molecule has 14 heavy (non-hydrogen) atoms. The van der Waals surface area contributed by atoms with Gasteiger partial charge >= 0.3 is 0 Å². The average molecular weight is 206 g/mol. The van der Waals surface area contributed by atoms with E-state index in [1.807, 2.05) is 0 Å². The molecular formula is C13H22Si. The maximum absolute atomic E-state index is 2.29. The maximum atomic E-state index is 2.29. The molecule has 0 aromatic rings. The predicted molar refractivity (Wildman–Crippen MR) is 68.8 cm³/mol. The van der Waals surface area contributed by atoms with Crippen molar-refractivity contribution in [3.63, 3.8) is 0 Å². The summed E-state index contributed by atoms with van der Waals surface area (Å²) in [6, 6.07) is 0. The zero-order valence-corrected chi connectivity index (χ0v) is 11.4. The Kier molecular flexibility index (Phi) is 4.06. The van der Waals surface area contributed by atoms with Gasteiger partial charge in [-0.3, -0.25) is 0 Å². The van der Waals surface area contributed by atoms with Crippen LogP contribution < -0.4 is 0 Å². The topological polar surface area (TPSA) is 0 Å². The van der Waals surface area contributed by atoms with Crippen molar-refractivity contribution in [3.05, 3.63) is 22.3 Å². The molecule has 0 aliphatic heterocycles. The molecule has 0 saturated carbocycles. The molecule has 0 heterocycles. The summed E-state index contributed by atoms with van der Waals surface area (Å²) in [6.07, 6.45) is 5.07. The lowest BCUT2D eigenvalue weighted by Crippen LogP contribution is -2.01. The third-order valence-electron chi connectivity index (χ3n) is 3.20. The Morgan fingerprint density at radius 2 is 1.36 bits per heavy atom. The summed E-state index contributed by atoms with van der Waals surface area (Å²) in [5.41, 5.74) is 6.40. The zero-order chi connectivity index (χ0) is 10.7. The van der Waals surface area contributed by atoms with Crippen molar-refractivity contribution >= 4 is 15.0 Å². The Bertz CT molecular complexity index is 305. The minimum atomic E-state index is 1.26. The number of hydrogen-bond acceptors (Lipinski definition) is 0. The van der Waals surface area contributed by atoms with Gasteiger partial charge in [-0.2, -0.15) is 0 Å². The van der Waals surface area contributed by atoms with Crippen LogP contribution in [0.2, 0.25) is 0 Å². The summed E-state index contributed by atoms with van der Waals surface area (Å²) in [4.78, 5) is 0. The van der Waals surface area contributed by atoms with Crippen LogP contribution in [-0.2, 0) is 0 Å². The largest absolute Gasteiger partial charge is 0.0651 e. The van der Waals surface area contributed by atoms with Gasteiger partial charge in [-0.05, 0) is 64.0 Å². The third kappa shape index (κ3) is 1.98. The van der Waals surface area contributed by atoms with E-state index in [-0.39, 0.29) is 0 Å². The minimum absolute atomic E-state index is 1.26. The first-order valence-electron chi connectivity index (χ1n) is 5.72. The van der Waals surface area contributed by atoms with Crippen LogP contribution in [-0.4, -0.2) is 15.0 Å². The summed E-state index contributed by atoms with van der Waals surface area (Å²) >= 11 is 0. The van der Waals surface area contributed by atoms with Crippen LogP contribution in [0.15, 0.2) is 22.3 Å². The first-order valence-corrected chi connectivity index (χ1v) is 6.43. The van der Waals surface area contributed by atoms with Crippen LogP contribution in [0.3, 0.4) is 0 Å². The molecular weight excluding hydrogens is 184 g/mol. The van der Waals surface area contributed by atoms with Crippen LogP contribution in [0.25, 0.3) is 0 Å². The van der Waals surface area contributed by atoms with Gasteiger partial charge in [0.05, 0.1) is 0 Å². The van der Waals surface area contributed by atoms with Gasteiger partial charge in [-0.1, -0.05) is 26.7 Å². The van der Waals surface area contributed by atoms with Crippen LogP contribution in [0.4, 0.5) is 0 Å². The molecule has 0 N–H and O–H groups in total. The van der Waals surface area contributed by atoms with Crippen molar-refractivity contribution in [3.8, 4) is 0 Å². The highest BCUT2D eigenvalue weighted by Crippen LogP contribution is 2.33. The smallest absolute Gasteiger partial charge is 0.0132 e. The van der Waals surface area contributed by atoms with Gasteiger partial charge in [0, 0.05) is 0 Å². The molecule has 0 bridgehead atoms. The van der Waals surface area contributed by atoms with Gasteiger partial charge in [0.2, 0.25) is 0 Å². The normalized spacial score (nSPS) is 17.3. The highest BCUT2D eigenvalue weighted by molar-refractivity contribution is 6.50. The quantitative estimate of drug-likeness (QED) is 0.620. The number of hydrogen-bond donors (Lipinski definition) is 0. The third-order valence-corrected chi connectivity index (χ3v) is 4.15. The Morgan fingerprint density at radius 3 is 1.86 bits per heavy atom. The van der Waals surface area contributed by atoms with Crippen molar-refractivity contribution in [1.82, 2.24) is 0 Å². The SMILES string of the molecule is CCCC1=C(CCC)C(C)=C(C)C1=[SiH2]. The lowest BCUT2D eigenvalue weighted by Gasteiger charge is -2.08. The van der Waals surface area contributed by atoms with Crippen LogP contribution in [0, 0.1) is 0 Å². The molecule has 0 aromatic carbocycles. The van der Waals surface area contributed by atoms with E-state index in [0.29, 0.717) is 0 Å². The van der Waals surface area contributed by atoms with Crippen molar-refractivity contribution in [2.75, 3.05) is 0 Å². The summed E-state index contributed by atoms with van der Waals surface area (Å²) < 4.78 is 0. The number of rotatable bonds is 4.